The first-order valence-electron chi connectivity index (χ1n) is 6.87. The van der Waals surface area contributed by atoms with Gasteiger partial charge in [0, 0.05) is 6.04 Å². The van der Waals surface area contributed by atoms with Gasteiger partial charge in [0.25, 0.3) is 0 Å². The smallest absolute Gasteiger partial charge is 0.323 e. The molecule has 0 bridgehead atoms. The maximum atomic E-state index is 11.8. The first-order chi connectivity index (χ1) is 8.81. The zero-order valence-electron chi connectivity index (χ0n) is 12.3. The van der Waals surface area contributed by atoms with Crippen LogP contribution in [0.2, 0.25) is 0 Å². The Hall–Kier alpha value is -1.10. The molecule has 1 N–H and O–H groups in total. The monoisotopic (exact) mass is 271 g/mol. The lowest BCUT2D eigenvalue weighted by Crippen LogP contribution is -2.45. The second kappa shape index (κ2) is 6.89. The average molecular weight is 271 g/mol. The van der Waals surface area contributed by atoms with E-state index in [0.29, 0.717) is 6.04 Å². The molecule has 1 atom stereocenters. The molecule has 0 heterocycles. The molecule has 0 aromatic carbocycles. The Morgan fingerprint density at radius 3 is 2.32 bits per heavy atom. The molecule has 0 amide bonds. The summed E-state index contributed by atoms with van der Waals surface area (Å²) in [6, 6.07) is -0.311. The molecule has 0 aliphatic heterocycles. The van der Waals surface area contributed by atoms with E-state index in [1.54, 1.807) is 0 Å². The summed E-state index contributed by atoms with van der Waals surface area (Å²) in [6.07, 6.45) is 4.43. The number of nitrogens with one attached hydrogen (secondary N) is 1. The van der Waals surface area contributed by atoms with Gasteiger partial charge in [0.15, 0.2) is 0 Å². The van der Waals surface area contributed by atoms with Crippen LogP contribution in [-0.2, 0) is 19.1 Å². The molecule has 0 saturated heterocycles. The van der Waals surface area contributed by atoms with E-state index < -0.39 is 17.6 Å². The van der Waals surface area contributed by atoms with Crippen LogP contribution in [0.15, 0.2) is 0 Å². The lowest BCUT2D eigenvalue weighted by atomic mass is 10.1. The molecule has 110 valence electrons. The maximum Gasteiger partial charge on any atom is 0.323 e. The zero-order chi connectivity index (χ0) is 14.5. The third-order valence-corrected chi connectivity index (χ3v) is 3.07. The van der Waals surface area contributed by atoms with Gasteiger partial charge in [0.2, 0.25) is 0 Å². The average Bonchev–Trinajstić information content (AvgIpc) is 2.77. The molecule has 0 aromatic rings. The van der Waals surface area contributed by atoms with Crippen LogP contribution in [0.4, 0.5) is 0 Å². The topological polar surface area (TPSA) is 64.6 Å². The maximum absolute atomic E-state index is 11.8. The van der Waals surface area contributed by atoms with Gasteiger partial charge in [-0.3, -0.25) is 9.59 Å². The lowest BCUT2D eigenvalue weighted by molar-refractivity contribution is -0.159. The third kappa shape index (κ3) is 6.05. The van der Waals surface area contributed by atoms with E-state index >= 15 is 0 Å². The van der Waals surface area contributed by atoms with Crippen molar-refractivity contribution >= 4 is 11.9 Å². The van der Waals surface area contributed by atoms with Gasteiger partial charge in [-0.2, -0.15) is 0 Å². The molecule has 1 aliphatic rings. The van der Waals surface area contributed by atoms with Crippen LogP contribution < -0.4 is 5.32 Å². The fourth-order valence-corrected chi connectivity index (χ4v) is 2.28. The minimum Gasteiger partial charge on any atom is -0.468 e. The highest BCUT2D eigenvalue weighted by Crippen LogP contribution is 2.19. The summed E-state index contributed by atoms with van der Waals surface area (Å²) in [5, 5.41) is 3.21. The van der Waals surface area contributed by atoms with Crippen LogP contribution in [0, 0.1) is 0 Å². The number of ether oxygens (including phenoxy) is 2. The van der Waals surface area contributed by atoms with Crippen molar-refractivity contribution in [3.63, 3.8) is 0 Å². The van der Waals surface area contributed by atoms with Crippen molar-refractivity contribution in [2.45, 2.75) is 70.6 Å². The van der Waals surface area contributed by atoms with Gasteiger partial charge in [-0.15, -0.1) is 0 Å². The van der Waals surface area contributed by atoms with E-state index in [2.05, 4.69) is 5.32 Å². The Bertz CT molecular complexity index is 316. The summed E-state index contributed by atoms with van der Waals surface area (Å²) in [5.74, 6) is -0.786. The molecule has 0 unspecified atom stereocenters. The van der Waals surface area contributed by atoms with Crippen molar-refractivity contribution in [2.75, 3.05) is 7.11 Å². The van der Waals surface area contributed by atoms with Crippen molar-refractivity contribution in [2.24, 2.45) is 0 Å². The van der Waals surface area contributed by atoms with Gasteiger partial charge in [0.1, 0.15) is 11.6 Å². The van der Waals surface area contributed by atoms with Crippen LogP contribution >= 0.6 is 0 Å². The summed E-state index contributed by atoms with van der Waals surface area (Å²) >= 11 is 0. The molecule has 5 heteroatoms. The highest BCUT2D eigenvalue weighted by molar-refractivity contribution is 5.82. The molecule has 1 saturated carbocycles. The standard InChI is InChI=1S/C14H25NO4/c1-14(2,3)19-12(16)9-11(13(17)18-4)15-10-7-5-6-8-10/h10-11,15H,5-9H2,1-4H3/t11-/m1/s1. The molecule has 1 fully saturated rings. The Morgan fingerprint density at radius 2 is 1.84 bits per heavy atom. The molecule has 0 radical (unpaired) electrons. The van der Waals surface area contributed by atoms with Crippen LogP contribution in [0.1, 0.15) is 52.9 Å². The first-order valence-corrected chi connectivity index (χ1v) is 6.87. The Kier molecular flexibility index (Phi) is 5.79. The minimum atomic E-state index is -0.608. The number of methoxy groups -OCH3 is 1. The Morgan fingerprint density at radius 1 is 1.26 bits per heavy atom. The van der Waals surface area contributed by atoms with Crippen molar-refractivity contribution < 1.29 is 19.1 Å². The van der Waals surface area contributed by atoms with Gasteiger partial charge in [-0.05, 0) is 33.6 Å². The summed E-state index contributed by atoms with van der Waals surface area (Å²) in [4.78, 5) is 23.5. The van der Waals surface area contributed by atoms with Crippen LogP contribution in [0.3, 0.4) is 0 Å². The van der Waals surface area contributed by atoms with E-state index in [1.807, 2.05) is 20.8 Å². The third-order valence-electron chi connectivity index (χ3n) is 3.07. The van der Waals surface area contributed by atoms with Crippen molar-refractivity contribution in [1.82, 2.24) is 5.32 Å². The summed E-state index contributed by atoms with van der Waals surface area (Å²) in [5.41, 5.74) is -0.537. The second-order valence-corrected chi connectivity index (χ2v) is 6.01. The quantitative estimate of drug-likeness (QED) is 0.772. The van der Waals surface area contributed by atoms with E-state index in [9.17, 15) is 9.59 Å². The van der Waals surface area contributed by atoms with Gasteiger partial charge in [-0.25, -0.2) is 0 Å². The molecule has 0 spiro atoms. The van der Waals surface area contributed by atoms with Gasteiger partial charge < -0.3 is 14.8 Å². The van der Waals surface area contributed by atoms with Gasteiger partial charge in [0.05, 0.1) is 13.5 Å². The van der Waals surface area contributed by atoms with Crippen LogP contribution in [0.5, 0.6) is 0 Å². The lowest BCUT2D eigenvalue weighted by Gasteiger charge is -2.23. The summed E-state index contributed by atoms with van der Waals surface area (Å²) in [6.45, 7) is 5.42. The zero-order valence-corrected chi connectivity index (χ0v) is 12.3. The molecular weight excluding hydrogens is 246 g/mol. The van der Waals surface area contributed by atoms with Crippen molar-refractivity contribution in [1.29, 1.82) is 0 Å². The normalized spacial score (nSPS) is 18.1. The van der Waals surface area contributed by atoms with Crippen molar-refractivity contribution in [3.05, 3.63) is 0 Å². The fourth-order valence-electron chi connectivity index (χ4n) is 2.28. The van der Waals surface area contributed by atoms with Gasteiger partial charge in [-0.1, -0.05) is 12.8 Å². The van der Waals surface area contributed by atoms with E-state index in [-0.39, 0.29) is 12.4 Å². The fraction of sp³-hybridized carbons (Fsp3) is 0.857. The summed E-state index contributed by atoms with van der Waals surface area (Å²) in [7, 11) is 1.33. The number of carbonyl (C=O) groups is 2. The van der Waals surface area contributed by atoms with Gasteiger partial charge >= 0.3 is 11.9 Å². The van der Waals surface area contributed by atoms with E-state index in [0.717, 1.165) is 25.7 Å². The largest absolute Gasteiger partial charge is 0.468 e. The Labute approximate surface area is 115 Å². The SMILES string of the molecule is COC(=O)[C@@H](CC(=O)OC(C)(C)C)NC1CCCC1. The highest BCUT2D eigenvalue weighted by Gasteiger charge is 2.29. The molecule has 1 aliphatic carbocycles. The van der Waals surface area contributed by atoms with Crippen LogP contribution in [-0.4, -0.2) is 36.7 Å². The first kappa shape index (κ1) is 16.0. The van der Waals surface area contributed by atoms with Crippen LogP contribution in [0.25, 0.3) is 0 Å². The molecular formula is C14H25NO4. The highest BCUT2D eigenvalue weighted by atomic mass is 16.6. The minimum absolute atomic E-state index is 0.0143. The number of hydrogen-bond acceptors (Lipinski definition) is 5. The molecule has 5 nitrogen and oxygen atoms in total. The number of carbonyl (C=O) groups excluding carboxylic acids is 2. The molecule has 0 aromatic heterocycles. The van der Waals surface area contributed by atoms with Crippen molar-refractivity contribution in [3.8, 4) is 0 Å². The second-order valence-electron chi connectivity index (χ2n) is 6.01. The predicted octanol–water partition coefficient (Wildman–Crippen LogP) is 1.79. The number of rotatable bonds is 5. The molecule has 1 rings (SSSR count). The van der Waals surface area contributed by atoms with E-state index in [1.165, 1.54) is 7.11 Å². The number of hydrogen-bond donors (Lipinski definition) is 1. The predicted molar refractivity (Wildman–Crippen MR) is 71.7 cm³/mol. The Balaban J connectivity index is 2.53. The van der Waals surface area contributed by atoms with E-state index in [4.69, 9.17) is 9.47 Å². The summed E-state index contributed by atoms with van der Waals surface area (Å²) < 4.78 is 9.99. The molecule has 19 heavy (non-hydrogen) atoms. The number of esters is 2.